The predicted octanol–water partition coefficient (Wildman–Crippen LogP) is 8.93. The van der Waals surface area contributed by atoms with Gasteiger partial charge in [0.05, 0.1) is 0 Å². The molecule has 4 atom stereocenters. The third-order valence-electron chi connectivity index (χ3n) is 8.54. The van der Waals surface area contributed by atoms with E-state index >= 15 is 0 Å². The Hall–Kier alpha value is -2.03. The highest BCUT2D eigenvalue weighted by atomic mass is 16.6. The summed E-state index contributed by atoms with van der Waals surface area (Å²) in [5.74, 6) is 1.46. The first kappa shape index (κ1) is 25.6. The van der Waals surface area contributed by atoms with Crippen LogP contribution in [0, 0.1) is 22.7 Å². The maximum Gasteiger partial charge on any atom is 0.411 e. The summed E-state index contributed by atoms with van der Waals surface area (Å²) >= 11 is 0. The summed E-state index contributed by atoms with van der Waals surface area (Å²) in [6.45, 7) is 16.3. The van der Waals surface area contributed by atoms with E-state index in [0.29, 0.717) is 16.7 Å². The van der Waals surface area contributed by atoms with Gasteiger partial charge in [0.15, 0.2) is 0 Å². The molecule has 0 radical (unpaired) electrons. The van der Waals surface area contributed by atoms with Crippen molar-refractivity contribution in [3.05, 3.63) is 54.1 Å². The topological polar surface area (TPSA) is 38.3 Å². The summed E-state index contributed by atoms with van der Waals surface area (Å²) in [6, 6.07) is 9.42. The van der Waals surface area contributed by atoms with Crippen molar-refractivity contribution >= 4 is 11.8 Å². The number of anilines is 1. The van der Waals surface area contributed by atoms with Crippen molar-refractivity contribution in [1.29, 1.82) is 0 Å². The molecular weight excluding hydrogens is 406 g/mol. The second-order valence-corrected chi connectivity index (χ2v) is 11.5. The Morgan fingerprint density at radius 3 is 2.70 bits per heavy atom. The molecule has 1 aromatic rings. The number of rotatable bonds is 8. The summed E-state index contributed by atoms with van der Waals surface area (Å²) in [5.41, 5.74) is 4.56. The van der Waals surface area contributed by atoms with E-state index < -0.39 is 0 Å². The molecule has 3 heteroatoms. The number of hydrogen-bond donors (Lipinski definition) is 1. The average Bonchev–Trinajstić information content (AvgIpc) is 2.73. The van der Waals surface area contributed by atoms with Gasteiger partial charge in [-0.3, -0.25) is 5.32 Å². The van der Waals surface area contributed by atoms with Gasteiger partial charge in [0, 0.05) is 5.69 Å². The van der Waals surface area contributed by atoms with Gasteiger partial charge in [0.2, 0.25) is 0 Å². The zero-order valence-corrected chi connectivity index (χ0v) is 21.6. The molecule has 0 unspecified atom stereocenters. The number of benzene rings is 1. The van der Waals surface area contributed by atoms with Gasteiger partial charge in [-0.15, -0.1) is 0 Å². The molecule has 0 spiro atoms. The van der Waals surface area contributed by atoms with E-state index in [1.165, 1.54) is 49.7 Å². The summed E-state index contributed by atoms with van der Waals surface area (Å²) in [7, 11) is 0. The summed E-state index contributed by atoms with van der Waals surface area (Å²) in [4.78, 5) is 12.1. The zero-order chi connectivity index (χ0) is 24.1. The van der Waals surface area contributed by atoms with Crippen molar-refractivity contribution in [2.75, 3.05) is 5.32 Å². The molecule has 1 amide bonds. The Labute approximate surface area is 202 Å². The van der Waals surface area contributed by atoms with E-state index in [0.717, 1.165) is 30.9 Å². The Kier molecular flexibility index (Phi) is 8.48. The van der Waals surface area contributed by atoms with Crippen molar-refractivity contribution in [3.8, 4) is 0 Å². The van der Waals surface area contributed by atoms with Crippen molar-refractivity contribution in [1.82, 2.24) is 0 Å². The first-order valence-corrected chi connectivity index (χ1v) is 13.0. The lowest BCUT2D eigenvalue weighted by Crippen LogP contribution is -2.49. The van der Waals surface area contributed by atoms with Crippen LogP contribution in [0.2, 0.25) is 0 Å². The lowest BCUT2D eigenvalue weighted by atomic mass is 9.47. The van der Waals surface area contributed by atoms with Crippen LogP contribution in [-0.2, 0) is 4.74 Å². The van der Waals surface area contributed by atoms with Gasteiger partial charge in [-0.25, -0.2) is 4.79 Å². The molecule has 0 saturated heterocycles. The minimum atomic E-state index is -0.386. The third-order valence-corrected chi connectivity index (χ3v) is 8.54. The monoisotopic (exact) mass is 451 g/mol. The average molecular weight is 452 g/mol. The van der Waals surface area contributed by atoms with E-state index in [4.69, 9.17) is 4.74 Å². The van der Waals surface area contributed by atoms with Crippen LogP contribution in [0.25, 0.3) is 0 Å². The molecule has 1 N–H and O–H groups in total. The molecule has 0 bridgehead atoms. The second-order valence-electron chi connectivity index (χ2n) is 11.5. The summed E-state index contributed by atoms with van der Waals surface area (Å²) in [5, 5.41) is 2.78. The molecule has 2 saturated carbocycles. The van der Waals surface area contributed by atoms with Crippen LogP contribution >= 0.6 is 0 Å². The van der Waals surface area contributed by atoms with Crippen molar-refractivity contribution in [2.24, 2.45) is 22.7 Å². The normalized spacial score (nSPS) is 28.0. The molecule has 2 aliphatic carbocycles. The van der Waals surface area contributed by atoms with E-state index in [1.54, 1.807) is 0 Å². The van der Waals surface area contributed by atoms with E-state index in [9.17, 15) is 4.79 Å². The fraction of sp³-hybridized carbons (Fsp3) is 0.633. The molecule has 1 aromatic carbocycles. The molecular formula is C30H45NO2. The highest BCUT2D eigenvalue weighted by Gasteiger charge is 2.52. The lowest BCUT2D eigenvalue weighted by molar-refractivity contribution is -0.0539. The Bertz CT molecular complexity index is 840. The number of carbonyl (C=O) groups excluding carboxylic acids is 1. The number of ether oxygens (including phenoxy) is 1. The van der Waals surface area contributed by atoms with Gasteiger partial charge in [-0.1, -0.05) is 69.2 Å². The molecule has 2 aliphatic rings. The van der Waals surface area contributed by atoms with Crippen molar-refractivity contribution < 1.29 is 9.53 Å². The number of carbonyl (C=O) groups is 1. The SMILES string of the molecule is C=C1CC[C@@H]2C(C)(C)CCC[C@@]2(C)[C@H]1CC/C(C)=C\CC[C@H](C)OC(=O)Nc1ccccc1. The van der Waals surface area contributed by atoms with Gasteiger partial charge >= 0.3 is 6.09 Å². The van der Waals surface area contributed by atoms with Crippen molar-refractivity contribution in [3.63, 3.8) is 0 Å². The molecule has 182 valence electrons. The maximum atomic E-state index is 12.1. The molecule has 2 fully saturated rings. The van der Waals surface area contributed by atoms with Gasteiger partial charge in [0.25, 0.3) is 0 Å². The fourth-order valence-electron chi connectivity index (χ4n) is 6.76. The maximum absolute atomic E-state index is 12.1. The number of allylic oxidation sites excluding steroid dienone is 3. The van der Waals surface area contributed by atoms with Gasteiger partial charge in [-0.2, -0.15) is 0 Å². The van der Waals surface area contributed by atoms with Crippen LogP contribution in [0.4, 0.5) is 10.5 Å². The van der Waals surface area contributed by atoms with Crippen LogP contribution in [0.5, 0.6) is 0 Å². The smallest absolute Gasteiger partial charge is 0.411 e. The number of fused-ring (bicyclic) bond motifs is 1. The fourth-order valence-corrected chi connectivity index (χ4v) is 6.76. The molecule has 0 aromatic heterocycles. The molecule has 33 heavy (non-hydrogen) atoms. The van der Waals surface area contributed by atoms with Crippen LogP contribution in [0.3, 0.4) is 0 Å². The number of para-hydroxylation sites is 1. The molecule has 3 nitrogen and oxygen atoms in total. The van der Waals surface area contributed by atoms with Crippen LogP contribution in [0.1, 0.15) is 92.4 Å². The highest BCUT2D eigenvalue weighted by molar-refractivity contribution is 5.84. The van der Waals surface area contributed by atoms with Crippen molar-refractivity contribution in [2.45, 2.75) is 98.5 Å². The van der Waals surface area contributed by atoms with E-state index in [2.05, 4.69) is 45.7 Å². The Morgan fingerprint density at radius 2 is 1.97 bits per heavy atom. The molecule has 0 aliphatic heterocycles. The quantitative estimate of drug-likeness (QED) is 0.401. The minimum Gasteiger partial charge on any atom is -0.446 e. The van der Waals surface area contributed by atoms with Crippen LogP contribution < -0.4 is 5.32 Å². The highest BCUT2D eigenvalue weighted by Crippen LogP contribution is 2.61. The largest absolute Gasteiger partial charge is 0.446 e. The van der Waals surface area contributed by atoms with Gasteiger partial charge < -0.3 is 4.74 Å². The number of hydrogen-bond acceptors (Lipinski definition) is 2. The number of nitrogens with one attached hydrogen (secondary N) is 1. The predicted molar refractivity (Wildman–Crippen MR) is 139 cm³/mol. The molecule has 3 rings (SSSR count). The summed E-state index contributed by atoms with van der Waals surface area (Å²) < 4.78 is 5.51. The Morgan fingerprint density at radius 1 is 1.24 bits per heavy atom. The van der Waals surface area contributed by atoms with Crippen LogP contribution in [0.15, 0.2) is 54.1 Å². The lowest BCUT2D eigenvalue weighted by Gasteiger charge is -2.58. The Balaban J connectivity index is 1.45. The van der Waals surface area contributed by atoms with E-state index in [-0.39, 0.29) is 12.2 Å². The van der Waals surface area contributed by atoms with Crippen LogP contribution in [-0.4, -0.2) is 12.2 Å². The minimum absolute atomic E-state index is 0.111. The van der Waals surface area contributed by atoms with E-state index in [1.807, 2.05) is 37.3 Å². The zero-order valence-electron chi connectivity index (χ0n) is 21.6. The molecule has 0 heterocycles. The summed E-state index contributed by atoms with van der Waals surface area (Å²) in [6.07, 6.45) is 12.6. The third kappa shape index (κ3) is 6.52. The second kappa shape index (κ2) is 10.9. The first-order valence-electron chi connectivity index (χ1n) is 13.0. The van der Waals surface area contributed by atoms with Gasteiger partial charge in [0.1, 0.15) is 6.10 Å². The number of amides is 1. The first-order chi connectivity index (χ1) is 15.6. The van der Waals surface area contributed by atoms with Gasteiger partial charge in [-0.05, 0) is 100 Å². The standard InChI is InChI=1S/C30H45NO2/c1-22(12-10-13-24(3)33-28(32)31-25-14-8-7-9-15-25)16-18-26-23(2)17-19-27-29(4,5)20-11-21-30(26,27)6/h7-9,12,14-15,24,26-27H,2,10-11,13,16-21H2,1,3-6H3,(H,31,32)/b22-12-/t24-,26-,27+,30-/m0/s1.